The zero-order valence-electron chi connectivity index (χ0n) is 14.7. The number of phenolic OH excluding ortho intramolecular Hbond substituents is 1. The Hall–Kier alpha value is -3.47. The van der Waals surface area contributed by atoms with Crippen molar-refractivity contribution in [3.8, 4) is 5.75 Å². The van der Waals surface area contributed by atoms with Crippen molar-refractivity contribution in [2.24, 2.45) is 0 Å². The first kappa shape index (κ1) is 17.0. The molecule has 0 spiro atoms. The first-order chi connectivity index (χ1) is 13.1. The first-order valence-electron chi connectivity index (χ1n) is 8.63. The molecule has 4 rings (SSSR count). The van der Waals surface area contributed by atoms with E-state index in [1.807, 2.05) is 43.3 Å². The Morgan fingerprint density at radius 1 is 1.00 bits per heavy atom. The molecule has 2 N–H and O–H groups in total. The van der Waals surface area contributed by atoms with Crippen LogP contribution in [-0.2, 0) is 0 Å². The molecule has 0 radical (unpaired) electrons. The number of anilines is 1. The molecule has 0 saturated heterocycles. The monoisotopic (exact) mass is 359 g/mol. The van der Waals surface area contributed by atoms with Crippen molar-refractivity contribution < 1.29 is 9.50 Å². The molecule has 0 aliphatic rings. The van der Waals surface area contributed by atoms with Crippen LogP contribution in [0.2, 0.25) is 0 Å². The van der Waals surface area contributed by atoms with E-state index in [1.165, 1.54) is 12.1 Å². The zero-order chi connectivity index (χ0) is 18.8. The fourth-order valence-corrected chi connectivity index (χ4v) is 3.16. The summed E-state index contributed by atoms with van der Waals surface area (Å²) in [4.78, 5) is 8.55. The number of aromatic nitrogens is 2. The Labute approximate surface area is 156 Å². The van der Waals surface area contributed by atoms with Crippen molar-refractivity contribution in [1.82, 2.24) is 9.97 Å². The summed E-state index contributed by atoms with van der Waals surface area (Å²) in [7, 11) is 0. The third-order valence-corrected chi connectivity index (χ3v) is 4.49. The maximum Gasteiger partial charge on any atom is 0.147 e. The lowest BCUT2D eigenvalue weighted by Gasteiger charge is -2.22. The van der Waals surface area contributed by atoms with Gasteiger partial charge in [0.25, 0.3) is 0 Å². The van der Waals surface area contributed by atoms with E-state index in [0.717, 1.165) is 16.6 Å². The van der Waals surface area contributed by atoms with Crippen molar-refractivity contribution in [2.75, 3.05) is 5.32 Å². The van der Waals surface area contributed by atoms with E-state index in [0.29, 0.717) is 16.8 Å². The van der Waals surface area contributed by atoms with E-state index in [2.05, 4.69) is 15.3 Å². The molecule has 0 aliphatic carbocycles. The van der Waals surface area contributed by atoms with Gasteiger partial charge >= 0.3 is 0 Å². The number of hydrogen-bond donors (Lipinski definition) is 2. The Balaban J connectivity index is 1.86. The van der Waals surface area contributed by atoms with Gasteiger partial charge < -0.3 is 10.4 Å². The highest BCUT2D eigenvalue weighted by molar-refractivity contribution is 5.86. The Kier molecular flexibility index (Phi) is 4.42. The third-order valence-electron chi connectivity index (χ3n) is 4.49. The summed E-state index contributed by atoms with van der Waals surface area (Å²) in [5, 5.41) is 15.1. The lowest BCUT2D eigenvalue weighted by molar-refractivity contribution is 0.471. The summed E-state index contributed by atoms with van der Waals surface area (Å²) < 4.78 is 13.6. The number of pyridine rings is 2. The minimum absolute atomic E-state index is 0.113. The van der Waals surface area contributed by atoms with Crippen LogP contribution in [0.15, 0.2) is 73.1 Å². The van der Waals surface area contributed by atoms with Crippen LogP contribution in [-0.4, -0.2) is 15.1 Å². The standard InChI is InChI=1S/C22H18FN3O/c1-14-5-6-15-7-8-19(22(27)21(15)25-14)20(16-9-11-24-12-10-16)26-18-4-2-3-17(23)13-18/h2-13,20,26-27H,1H3. The predicted octanol–water partition coefficient (Wildman–Crippen LogP) is 4.98. The maximum atomic E-state index is 13.6. The Morgan fingerprint density at radius 2 is 1.78 bits per heavy atom. The van der Waals surface area contributed by atoms with Crippen LogP contribution in [0.3, 0.4) is 0 Å². The van der Waals surface area contributed by atoms with E-state index in [4.69, 9.17) is 0 Å². The topological polar surface area (TPSA) is 58.0 Å². The largest absolute Gasteiger partial charge is 0.505 e. The zero-order valence-corrected chi connectivity index (χ0v) is 14.7. The van der Waals surface area contributed by atoms with Crippen molar-refractivity contribution >= 4 is 16.6 Å². The average Bonchev–Trinajstić information content (AvgIpc) is 2.68. The van der Waals surface area contributed by atoms with Crippen molar-refractivity contribution in [3.63, 3.8) is 0 Å². The first-order valence-corrected chi connectivity index (χ1v) is 8.63. The van der Waals surface area contributed by atoms with Gasteiger partial charge in [0.2, 0.25) is 0 Å². The smallest absolute Gasteiger partial charge is 0.147 e. The second kappa shape index (κ2) is 7.03. The molecule has 0 amide bonds. The summed E-state index contributed by atoms with van der Waals surface area (Å²) in [6, 6.07) is 17.2. The summed E-state index contributed by atoms with van der Waals surface area (Å²) >= 11 is 0. The van der Waals surface area contributed by atoms with Crippen LogP contribution < -0.4 is 5.32 Å². The molecule has 2 aromatic heterocycles. The number of halogens is 1. The highest BCUT2D eigenvalue weighted by Gasteiger charge is 2.20. The second-order valence-corrected chi connectivity index (χ2v) is 6.40. The minimum atomic E-state index is -0.387. The molecule has 0 aliphatic heterocycles. The number of aromatic hydroxyl groups is 1. The van der Waals surface area contributed by atoms with Crippen LogP contribution in [0.25, 0.3) is 10.9 Å². The molecule has 2 heterocycles. The number of rotatable bonds is 4. The fraction of sp³-hybridized carbons (Fsp3) is 0.0909. The number of aryl methyl sites for hydroxylation is 1. The number of benzene rings is 2. The lowest BCUT2D eigenvalue weighted by Crippen LogP contribution is -2.13. The van der Waals surface area contributed by atoms with Crippen LogP contribution in [0.4, 0.5) is 10.1 Å². The Morgan fingerprint density at radius 3 is 2.56 bits per heavy atom. The van der Waals surface area contributed by atoms with Crippen molar-refractivity contribution in [3.05, 3.63) is 95.7 Å². The number of fused-ring (bicyclic) bond motifs is 1. The van der Waals surface area contributed by atoms with Gasteiger partial charge in [0.15, 0.2) is 0 Å². The molecule has 2 aromatic carbocycles. The fourth-order valence-electron chi connectivity index (χ4n) is 3.16. The number of phenols is 1. The summed E-state index contributed by atoms with van der Waals surface area (Å²) in [5.41, 5.74) is 3.56. The molecule has 0 saturated carbocycles. The van der Waals surface area contributed by atoms with E-state index < -0.39 is 0 Å². The predicted molar refractivity (Wildman–Crippen MR) is 104 cm³/mol. The summed E-state index contributed by atoms with van der Waals surface area (Å²) in [5.74, 6) is -0.213. The number of nitrogens with one attached hydrogen (secondary N) is 1. The van der Waals surface area contributed by atoms with Crippen LogP contribution >= 0.6 is 0 Å². The summed E-state index contributed by atoms with van der Waals surface area (Å²) in [6.07, 6.45) is 3.38. The van der Waals surface area contributed by atoms with Gasteiger partial charge in [0.1, 0.15) is 17.1 Å². The van der Waals surface area contributed by atoms with Gasteiger partial charge in [-0.05, 0) is 48.9 Å². The van der Waals surface area contributed by atoms with Gasteiger partial charge in [-0.2, -0.15) is 0 Å². The van der Waals surface area contributed by atoms with E-state index >= 15 is 0 Å². The summed E-state index contributed by atoms with van der Waals surface area (Å²) in [6.45, 7) is 1.89. The number of nitrogens with zero attached hydrogens (tertiary/aromatic N) is 2. The van der Waals surface area contributed by atoms with Crippen LogP contribution in [0.1, 0.15) is 22.9 Å². The number of hydrogen-bond acceptors (Lipinski definition) is 4. The molecular formula is C22H18FN3O. The van der Waals surface area contributed by atoms with Crippen LogP contribution in [0.5, 0.6) is 5.75 Å². The van der Waals surface area contributed by atoms with Crippen molar-refractivity contribution in [2.45, 2.75) is 13.0 Å². The SMILES string of the molecule is Cc1ccc2ccc(C(Nc3cccc(F)c3)c3ccncc3)c(O)c2n1. The lowest BCUT2D eigenvalue weighted by atomic mass is 9.96. The van der Waals surface area contributed by atoms with E-state index in [-0.39, 0.29) is 17.6 Å². The molecule has 1 atom stereocenters. The molecule has 4 aromatic rings. The molecule has 134 valence electrons. The highest BCUT2D eigenvalue weighted by Crippen LogP contribution is 2.36. The van der Waals surface area contributed by atoms with Gasteiger partial charge in [-0.3, -0.25) is 4.98 Å². The molecular weight excluding hydrogens is 341 g/mol. The molecule has 1 unspecified atom stereocenters. The average molecular weight is 359 g/mol. The Bertz CT molecular complexity index is 1100. The van der Waals surface area contributed by atoms with E-state index in [1.54, 1.807) is 24.5 Å². The van der Waals surface area contributed by atoms with Gasteiger partial charge in [-0.15, -0.1) is 0 Å². The van der Waals surface area contributed by atoms with Gasteiger partial charge in [0, 0.05) is 34.7 Å². The van der Waals surface area contributed by atoms with Crippen molar-refractivity contribution in [1.29, 1.82) is 0 Å². The second-order valence-electron chi connectivity index (χ2n) is 6.40. The molecule has 0 bridgehead atoms. The van der Waals surface area contributed by atoms with Gasteiger partial charge in [-0.25, -0.2) is 9.37 Å². The highest BCUT2D eigenvalue weighted by atomic mass is 19.1. The van der Waals surface area contributed by atoms with Crippen LogP contribution in [0, 0.1) is 12.7 Å². The maximum absolute atomic E-state index is 13.6. The van der Waals surface area contributed by atoms with Gasteiger partial charge in [-0.1, -0.05) is 24.3 Å². The minimum Gasteiger partial charge on any atom is -0.505 e. The molecule has 4 nitrogen and oxygen atoms in total. The van der Waals surface area contributed by atoms with Gasteiger partial charge in [0.05, 0.1) is 6.04 Å². The quantitative estimate of drug-likeness (QED) is 0.539. The van der Waals surface area contributed by atoms with E-state index in [9.17, 15) is 9.50 Å². The molecule has 0 fully saturated rings. The normalized spacial score (nSPS) is 12.1. The third kappa shape index (κ3) is 3.44. The molecule has 5 heteroatoms. The molecule has 27 heavy (non-hydrogen) atoms.